The first-order chi connectivity index (χ1) is 15.9. The van der Waals surface area contributed by atoms with Gasteiger partial charge in [-0.3, -0.25) is 14.4 Å². The van der Waals surface area contributed by atoms with Crippen LogP contribution >= 0.6 is 0 Å². The Balaban J connectivity index is 1.79. The summed E-state index contributed by atoms with van der Waals surface area (Å²) < 4.78 is 2.17. The summed E-state index contributed by atoms with van der Waals surface area (Å²) in [7, 11) is 2.73. The second kappa shape index (κ2) is 10.9. The van der Waals surface area contributed by atoms with E-state index in [0.29, 0.717) is 5.56 Å². The normalized spacial score (nSPS) is 11.9. The number of aryl methyl sites for hydroxylation is 1. The number of benzene rings is 2. The van der Waals surface area contributed by atoms with E-state index < -0.39 is 30.2 Å². The highest BCUT2D eigenvalue weighted by atomic mass is 16.3. The number of nitrogens with one attached hydrogen (secondary N) is 1. The van der Waals surface area contributed by atoms with E-state index in [1.165, 1.54) is 14.1 Å². The van der Waals surface area contributed by atoms with Gasteiger partial charge in [-0.15, -0.1) is 0 Å². The van der Waals surface area contributed by atoms with E-state index in [-0.39, 0.29) is 6.61 Å². The number of aromatic nitrogens is 1. The van der Waals surface area contributed by atoms with E-state index in [1.54, 1.807) is 12.1 Å². The van der Waals surface area contributed by atoms with Crippen molar-refractivity contribution < 1.29 is 24.6 Å². The van der Waals surface area contributed by atoms with Gasteiger partial charge in [0.25, 0.3) is 5.91 Å². The average Bonchev–Trinajstić information content (AvgIpc) is 3.25. The van der Waals surface area contributed by atoms with Crippen LogP contribution in [0, 0.1) is 0 Å². The van der Waals surface area contributed by atoms with Crippen LogP contribution in [0.4, 0.5) is 0 Å². The highest BCUT2D eigenvalue weighted by Gasteiger charge is 2.32. The molecular formula is C25H29N3O5. The molecule has 0 saturated carbocycles. The number of Topliss-reactive ketones (excluding diaryl/α,β-unsaturated/α-hetero) is 1. The molecule has 0 bridgehead atoms. The number of likely N-dealkylation sites (N-methyl/N-ethyl adjacent to an activating group) is 2. The molecule has 1 heterocycles. The number of fused-ring (bicyclic) bond motifs is 1. The minimum Gasteiger partial charge on any atom is -0.396 e. The third-order valence-electron chi connectivity index (χ3n) is 5.71. The number of amides is 2. The van der Waals surface area contributed by atoms with Gasteiger partial charge < -0.3 is 25.0 Å². The Labute approximate surface area is 192 Å². The molecule has 0 fully saturated rings. The van der Waals surface area contributed by atoms with Crippen LogP contribution in [0.3, 0.4) is 0 Å². The van der Waals surface area contributed by atoms with Crippen LogP contribution in [0.25, 0.3) is 22.0 Å². The molecule has 0 aliphatic carbocycles. The largest absolute Gasteiger partial charge is 0.396 e. The van der Waals surface area contributed by atoms with Crippen molar-refractivity contribution in [2.75, 3.05) is 27.3 Å². The number of hydrogen-bond acceptors (Lipinski definition) is 5. The third-order valence-corrected chi connectivity index (χ3v) is 5.71. The summed E-state index contributed by atoms with van der Waals surface area (Å²) in [6.45, 7) is 0.214. The van der Waals surface area contributed by atoms with Gasteiger partial charge in [0.2, 0.25) is 5.91 Å². The summed E-state index contributed by atoms with van der Waals surface area (Å²) in [6, 6.07) is 13.8. The van der Waals surface area contributed by atoms with Gasteiger partial charge in [-0.2, -0.15) is 0 Å². The Hall–Kier alpha value is -3.49. The molecule has 8 nitrogen and oxygen atoms in total. The molecule has 0 aliphatic rings. The van der Waals surface area contributed by atoms with Crippen LogP contribution < -0.4 is 5.32 Å². The summed E-state index contributed by atoms with van der Waals surface area (Å²) >= 11 is 0. The second-order valence-corrected chi connectivity index (χ2v) is 7.85. The van der Waals surface area contributed by atoms with Gasteiger partial charge in [-0.05, 0) is 54.3 Å². The van der Waals surface area contributed by atoms with Crippen LogP contribution in [0.5, 0.6) is 0 Å². The first-order valence-electron chi connectivity index (χ1n) is 10.8. The van der Waals surface area contributed by atoms with Crippen molar-refractivity contribution in [2.45, 2.75) is 25.4 Å². The molecule has 1 atom stereocenters. The van der Waals surface area contributed by atoms with Crippen LogP contribution in [-0.2, 0) is 16.1 Å². The van der Waals surface area contributed by atoms with Crippen LogP contribution in [0.2, 0.25) is 0 Å². The molecule has 3 aromatic rings. The molecule has 2 aromatic carbocycles. The van der Waals surface area contributed by atoms with Gasteiger partial charge in [0, 0.05) is 49.9 Å². The van der Waals surface area contributed by atoms with Crippen molar-refractivity contribution in [2.24, 2.45) is 0 Å². The summed E-state index contributed by atoms with van der Waals surface area (Å²) in [5.74, 6) is -1.90. The van der Waals surface area contributed by atoms with E-state index >= 15 is 0 Å². The maximum Gasteiger partial charge on any atom is 0.254 e. The SMILES string of the molecule is CNC(=O)C(C(=O)CO)N(C)C(=O)c1ccc(-c2ccc3c(ccn3CCCCO)c2)cc1. The molecule has 2 amide bonds. The Kier molecular flexibility index (Phi) is 7.97. The first kappa shape index (κ1) is 24.2. The van der Waals surface area contributed by atoms with Crippen LogP contribution in [-0.4, -0.2) is 70.6 Å². The molecule has 8 heteroatoms. The Morgan fingerprint density at radius 3 is 2.33 bits per heavy atom. The minimum absolute atomic E-state index is 0.196. The van der Waals surface area contributed by atoms with Crippen molar-refractivity contribution >= 4 is 28.5 Å². The predicted octanol–water partition coefficient (Wildman–Crippen LogP) is 1.83. The molecule has 0 radical (unpaired) electrons. The number of unbranched alkanes of at least 4 members (excludes halogenated alkanes) is 1. The molecule has 0 saturated heterocycles. The number of aliphatic hydroxyl groups excluding tert-OH is 2. The quantitative estimate of drug-likeness (QED) is 0.322. The fraction of sp³-hybridized carbons (Fsp3) is 0.320. The smallest absolute Gasteiger partial charge is 0.254 e. The van der Waals surface area contributed by atoms with Gasteiger partial charge in [-0.1, -0.05) is 18.2 Å². The number of carbonyl (C=O) groups is 3. The highest BCUT2D eigenvalue weighted by molar-refractivity contribution is 6.10. The molecule has 0 aliphatic heterocycles. The topological polar surface area (TPSA) is 112 Å². The molecule has 3 N–H and O–H groups in total. The molecule has 1 aromatic heterocycles. The fourth-order valence-electron chi connectivity index (χ4n) is 3.86. The van der Waals surface area contributed by atoms with Gasteiger partial charge in [0.15, 0.2) is 11.8 Å². The summed E-state index contributed by atoms with van der Waals surface area (Å²) in [6.07, 6.45) is 3.73. The monoisotopic (exact) mass is 451 g/mol. The van der Waals surface area contributed by atoms with Crippen molar-refractivity contribution in [1.82, 2.24) is 14.8 Å². The maximum absolute atomic E-state index is 12.9. The van der Waals surface area contributed by atoms with E-state index in [2.05, 4.69) is 28.1 Å². The standard InChI is InChI=1S/C25H29N3O5/c1-26-24(32)23(22(31)16-30)27(2)25(33)18-7-5-17(6-8-18)19-9-10-21-20(15-19)11-13-28(21)12-3-4-14-29/h5-11,13,15,23,29-30H,3-4,12,14,16H2,1-2H3,(H,26,32). The van der Waals surface area contributed by atoms with Crippen molar-refractivity contribution in [3.63, 3.8) is 0 Å². The van der Waals surface area contributed by atoms with Gasteiger partial charge in [0.05, 0.1) is 0 Å². The van der Waals surface area contributed by atoms with Crippen molar-refractivity contribution in [3.05, 3.63) is 60.3 Å². The number of nitrogens with zero attached hydrogens (tertiary/aromatic N) is 2. The lowest BCUT2D eigenvalue weighted by Crippen LogP contribution is -2.52. The van der Waals surface area contributed by atoms with Crippen molar-refractivity contribution in [1.29, 1.82) is 0 Å². The number of rotatable bonds is 10. The van der Waals surface area contributed by atoms with Gasteiger partial charge in [0.1, 0.15) is 6.61 Å². The number of hydrogen-bond donors (Lipinski definition) is 3. The van der Waals surface area contributed by atoms with E-state index in [1.807, 2.05) is 24.4 Å². The second-order valence-electron chi connectivity index (χ2n) is 7.85. The van der Waals surface area contributed by atoms with E-state index in [9.17, 15) is 14.4 Å². The zero-order valence-electron chi connectivity index (χ0n) is 18.8. The molecule has 33 heavy (non-hydrogen) atoms. The Bertz CT molecular complexity index is 1120. The fourth-order valence-corrected chi connectivity index (χ4v) is 3.86. The lowest BCUT2D eigenvalue weighted by molar-refractivity contribution is -0.135. The zero-order chi connectivity index (χ0) is 24.0. The zero-order valence-corrected chi connectivity index (χ0v) is 18.8. The van der Waals surface area contributed by atoms with Crippen LogP contribution in [0.15, 0.2) is 54.7 Å². The highest BCUT2D eigenvalue weighted by Crippen LogP contribution is 2.26. The third kappa shape index (κ3) is 5.30. The van der Waals surface area contributed by atoms with Crippen LogP contribution in [0.1, 0.15) is 23.2 Å². The van der Waals surface area contributed by atoms with Crippen molar-refractivity contribution in [3.8, 4) is 11.1 Å². The first-order valence-corrected chi connectivity index (χ1v) is 10.8. The number of aliphatic hydroxyl groups is 2. The maximum atomic E-state index is 12.9. The number of carbonyl (C=O) groups excluding carboxylic acids is 3. The van der Waals surface area contributed by atoms with E-state index in [0.717, 1.165) is 46.3 Å². The predicted molar refractivity (Wildman–Crippen MR) is 126 cm³/mol. The molecule has 0 spiro atoms. The minimum atomic E-state index is -1.39. The number of ketones is 1. The molecule has 1 unspecified atom stereocenters. The Morgan fingerprint density at radius 1 is 1.00 bits per heavy atom. The Morgan fingerprint density at radius 2 is 1.70 bits per heavy atom. The van der Waals surface area contributed by atoms with Gasteiger partial charge >= 0.3 is 0 Å². The summed E-state index contributed by atoms with van der Waals surface area (Å²) in [5.41, 5.74) is 3.39. The summed E-state index contributed by atoms with van der Waals surface area (Å²) in [4.78, 5) is 37.9. The average molecular weight is 452 g/mol. The molecule has 3 rings (SSSR count). The lowest BCUT2D eigenvalue weighted by Gasteiger charge is -2.25. The summed E-state index contributed by atoms with van der Waals surface area (Å²) in [5, 5.41) is 21.6. The molecule has 174 valence electrons. The van der Waals surface area contributed by atoms with E-state index in [4.69, 9.17) is 10.2 Å². The van der Waals surface area contributed by atoms with Gasteiger partial charge in [-0.25, -0.2) is 0 Å². The molecular weight excluding hydrogens is 422 g/mol. The lowest BCUT2D eigenvalue weighted by atomic mass is 10.0.